The third-order valence-electron chi connectivity index (χ3n) is 6.01. The number of hydrogen-bond donors (Lipinski definition) is 3. The predicted molar refractivity (Wildman–Crippen MR) is 142 cm³/mol. The molecule has 1 aliphatic heterocycles. The van der Waals surface area contributed by atoms with E-state index in [4.69, 9.17) is 4.74 Å². The zero-order chi connectivity index (χ0) is 25.6. The molecule has 0 radical (unpaired) electrons. The summed E-state index contributed by atoms with van der Waals surface area (Å²) in [6.07, 6.45) is 10.6. The molecule has 4 aromatic heterocycles. The van der Waals surface area contributed by atoms with E-state index in [1.165, 1.54) is 6.20 Å². The molecule has 5 rings (SSSR count). The number of piperidine rings is 1. The second-order valence-corrected chi connectivity index (χ2v) is 8.80. The first kappa shape index (κ1) is 24.2. The molecule has 1 aliphatic rings. The Hall–Kier alpha value is -4.51. The first-order valence-electron chi connectivity index (χ1n) is 12.1. The number of fused-ring (bicyclic) bond motifs is 1. The Morgan fingerprint density at radius 1 is 1.16 bits per heavy atom. The minimum atomic E-state index is -0.326. The van der Waals surface area contributed by atoms with Crippen LogP contribution < -0.4 is 20.7 Å². The number of ether oxygens (including phenoxy) is 1. The van der Waals surface area contributed by atoms with Crippen molar-refractivity contribution in [2.24, 2.45) is 0 Å². The zero-order valence-corrected chi connectivity index (χ0v) is 20.6. The molecule has 0 unspecified atom stereocenters. The van der Waals surface area contributed by atoms with Crippen LogP contribution in [0.2, 0.25) is 0 Å². The van der Waals surface area contributed by atoms with Gasteiger partial charge < -0.3 is 30.0 Å². The van der Waals surface area contributed by atoms with Gasteiger partial charge in [0.25, 0.3) is 5.91 Å². The van der Waals surface area contributed by atoms with Gasteiger partial charge in [-0.05, 0) is 38.1 Å². The van der Waals surface area contributed by atoms with Crippen LogP contribution in [0.5, 0.6) is 5.88 Å². The van der Waals surface area contributed by atoms with Crippen LogP contribution >= 0.6 is 0 Å². The van der Waals surface area contributed by atoms with E-state index < -0.39 is 0 Å². The molecule has 0 saturated carbocycles. The lowest BCUT2D eigenvalue weighted by molar-refractivity contribution is 0.0958. The van der Waals surface area contributed by atoms with Crippen molar-refractivity contribution in [1.29, 1.82) is 0 Å². The van der Waals surface area contributed by atoms with Crippen LogP contribution in [0.25, 0.3) is 5.65 Å². The van der Waals surface area contributed by atoms with E-state index in [0.717, 1.165) is 37.3 Å². The average molecular weight is 500 g/mol. The third kappa shape index (κ3) is 6.01. The summed E-state index contributed by atoms with van der Waals surface area (Å²) in [6, 6.07) is 9.26. The van der Waals surface area contributed by atoms with Crippen LogP contribution in [0.3, 0.4) is 0 Å². The van der Waals surface area contributed by atoms with Crippen molar-refractivity contribution in [3.8, 4) is 5.88 Å². The molecular weight excluding hydrogens is 470 g/mol. The number of carbonyl (C=O) groups excluding carboxylic acids is 1. The normalized spacial score (nSPS) is 14.3. The molecule has 0 bridgehead atoms. The molecule has 4 aromatic rings. The van der Waals surface area contributed by atoms with Gasteiger partial charge in [-0.15, -0.1) is 6.58 Å². The first-order valence-corrected chi connectivity index (χ1v) is 12.1. The highest BCUT2D eigenvalue weighted by molar-refractivity contribution is 5.99. The molecule has 1 amide bonds. The number of aromatic nitrogens is 5. The minimum absolute atomic E-state index is 0.127. The van der Waals surface area contributed by atoms with E-state index in [1.807, 2.05) is 41.1 Å². The maximum Gasteiger partial charge on any atom is 0.256 e. The summed E-state index contributed by atoms with van der Waals surface area (Å²) in [6.45, 7) is 5.97. The van der Waals surface area contributed by atoms with Crippen LogP contribution in [0.4, 0.5) is 23.3 Å². The Labute approximate surface area is 214 Å². The largest absolute Gasteiger partial charge is 0.474 e. The van der Waals surface area contributed by atoms with Crippen molar-refractivity contribution in [2.45, 2.75) is 18.9 Å². The topological polar surface area (TPSA) is 122 Å². The number of imidazole rings is 1. The van der Waals surface area contributed by atoms with Gasteiger partial charge >= 0.3 is 0 Å². The summed E-state index contributed by atoms with van der Waals surface area (Å²) < 4.78 is 8.01. The molecule has 0 aliphatic carbocycles. The Morgan fingerprint density at radius 2 is 2.03 bits per heavy atom. The molecule has 0 atom stereocenters. The van der Waals surface area contributed by atoms with E-state index >= 15 is 0 Å². The summed E-state index contributed by atoms with van der Waals surface area (Å²) in [5.74, 6) is 1.34. The maximum absolute atomic E-state index is 12.8. The number of anilines is 4. The summed E-state index contributed by atoms with van der Waals surface area (Å²) in [5.41, 5.74) is 1.88. The lowest BCUT2D eigenvalue weighted by Gasteiger charge is -2.29. The summed E-state index contributed by atoms with van der Waals surface area (Å²) >= 11 is 0. The number of hydrogen-bond acceptors (Lipinski definition) is 9. The predicted octanol–water partition coefficient (Wildman–Crippen LogP) is 3.40. The van der Waals surface area contributed by atoms with Crippen molar-refractivity contribution in [2.75, 3.05) is 37.3 Å². The average Bonchev–Trinajstić information content (AvgIpc) is 3.37. The van der Waals surface area contributed by atoms with Gasteiger partial charge in [0.2, 0.25) is 11.8 Å². The first-order chi connectivity index (χ1) is 18.1. The standard InChI is InChI=1S/C26H29N9O2/c1-3-11-28-25(36)20-16-29-26(30-18-7-8-22-27-12-15-35(22)17-18)33-24(20)32-21-5-4-6-23(31-21)37-19-9-13-34(2)14-10-19/h3-8,12,15-17,19H,1,9-11,13-14H2,2H3,(H,28,36)(H2,29,30,31,32,33). The van der Waals surface area contributed by atoms with E-state index in [1.54, 1.807) is 18.3 Å². The molecule has 0 spiro atoms. The fourth-order valence-electron chi connectivity index (χ4n) is 4.03. The lowest BCUT2D eigenvalue weighted by Crippen LogP contribution is -2.35. The Balaban J connectivity index is 1.38. The molecule has 11 heteroatoms. The van der Waals surface area contributed by atoms with Gasteiger partial charge in [0.15, 0.2) is 0 Å². The zero-order valence-electron chi connectivity index (χ0n) is 20.6. The molecule has 1 fully saturated rings. The van der Waals surface area contributed by atoms with Crippen LogP contribution in [-0.4, -0.2) is 67.9 Å². The number of nitrogens with zero attached hydrogens (tertiary/aromatic N) is 6. The van der Waals surface area contributed by atoms with Crippen molar-refractivity contribution >= 4 is 34.8 Å². The summed E-state index contributed by atoms with van der Waals surface area (Å²) in [4.78, 5) is 32.9. The monoisotopic (exact) mass is 499 g/mol. The van der Waals surface area contributed by atoms with E-state index in [2.05, 4.69) is 54.4 Å². The summed E-state index contributed by atoms with van der Waals surface area (Å²) in [7, 11) is 2.11. The number of carbonyl (C=O) groups is 1. The smallest absolute Gasteiger partial charge is 0.256 e. The SMILES string of the molecule is C=CCNC(=O)c1cnc(Nc2ccc3nccn3c2)nc1Nc1cccc(OC2CCN(C)CC2)n1. The molecule has 3 N–H and O–H groups in total. The van der Waals surface area contributed by atoms with E-state index in [0.29, 0.717) is 30.0 Å². The molecule has 37 heavy (non-hydrogen) atoms. The number of rotatable bonds is 9. The number of pyridine rings is 2. The Kier molecular flexibility index (Phi) is 7.22. The molecule has 1 saturated heterocycles. The highest BCUT2D eigenvalue weighted by Gasteiger charge is 2.19. The van der Waals surface area contributed by atoms with E-state index in [-0.39, 0.29) is 17.6 Å². The third-order valence-corrected chi connectivity index (χ3v) is 6.01. The highest BCUT2D eigenvalue weighted by Crippen LogP contribution is 2.23. The number of likely N-dealkylation sites (tertiary alicyclic amines) is 1. The van der Waals surface area contributed by atoms with Crippen LogP contribution in [-0.2, 0) is 0 Å². The van der Waals surface area contributed by atoms with Gasteiger partial charge in [-0.3, -0.25) is 4.79 Å². The highest BCUT2D eigenvalue weighted by atomic mass is 16.5. The lowest BCUT2D eigenvalue weighted by atomic mass is 10.1. The van der Waals surface area contributed by atoms with E-state index in [9.17, 15) is 4.79 Å². The van der Waals surface area contributed by atoms with Crippen molar-refractivity contribution < 1.29 is 9.53 Å². The second kappa shape index (κ2) is 11.0. The molecular formula is C26H29N9O2. The van der Waals surface area contributed by atoms with Crippen molar-refractivity contribution in [3.05, 3.63) is 73.3 Å². The van der Waals surface area contributed by atoms with Crippen molar-refractivity contribution in [3.63, 3.8) is 0 Å². The molecule has 190 valence electrons. The van der Waals surface area contributed by atoms with Gasteiger partial charge in [0, 0.05) is 50.5 Å². The van der Waals surface area contributed by atoms with Gasteiger partial charge in [-0.25, -0.2) is 9.97 Å². The van der Waals surface area contributed by atoms with Crippen LogP contribution in [0, 0.1) is 0 Å². The second-order valence-electron chi connectivity index (χ2n) is 8.80. The summed E-state index contributed by atoms with van der Waals surface area (Å²) in [5, 5.41) is 9.13. The quantitative estimate of drug-likeness (QED) is 0.298. The molecule has 5 heterocycles. The van der Waals surface area contributed by atoms with Gasteiger partial charge in [0.05, 0.1) is 5.69 Å². The Bertz CT molecular complexity index is 1400. The minimum Gasteiger partial charge on any atom is -0.474 e. The number of nitrogens with one attached hydrogen (secondary N) is 3. The van der Waals surface area contributed by atoms with Gasteiger partial charge in [-0.1, -0.05) is 12.1 Å². The molecule has 0 aromatic carbocycles. The fourth-order valence-corrected chi connectivity index (χ4v) is 4.03. The van der Waals surface area contributed by atoms with Crippen molar-refractivity contribution in [1.82, 2.24) is 34.6 Å². The fraction of sp³-hybridized carbons (Fsp3) is 0.269. The van der Waals surface area contributed by atoms with Gasteiger partial charge in [-0.2, -0.15) is 9.97 Å². The Morgan fingerprint density at radius 3 is 2.86 bits per heavy atom. The van der Waals surface area contributed by atoms with Gasteiger partial charge in [0.1, 0.15) is 29.0 Å². The number of amides is 1. The van der Waals surface area contributed by atoms with Crippen LogP contribution in [0.1, 0.15) is 23.2 Å². The maximum atomic E-state index is 12.8. The molecule has 11 nitrogen and oxygen atoms in total. The van der Waals surface area contributed by atoms with Crippen LogP contribution in [0.15, 0.2) is 67.8 Å².